The number of hydrogen-bond donors (Lipinski definition) is 0. The van der Waals surface area contributed by atoms with E-state index in [0.29, 0.717) is 61.8 Å². The molecule has 0 saturated heterocycles. The zero-order chi connectivity index (χ0) is 43.6. The largest absolute Gasteiger partial charge is 0.456 e. The molecule has 0 bridgehead atoms. The first kappa shape index (κ1) is 36.5. The Morgan fingerprint density at radius 1 is 0.348 bits per heavy atom. The molecular weight excluding hydrogens is 825 g/mol. The van der Waals surface area contributed by atoms with Crippen molar-refractivity contribution in [2.24, 2.45) is 0 Å². The molecule has 0 amide bonds. The second-order valence-electron chi connectivity index (χ2n) is 16.7. The fourth-order valence-electron chi connectivity index (χ4n) is 9.97. The molecule has 5 heterocycles. The van der Waals surface area contributed by atoms with Crippen molar-refractivity contribution in [3.63, 3.8) is 0 Å². The molecule has 0 N–H and O–H groups in total. The fraction of sp³-hybridized carbons (Fsp3) is 0. The van der Waals surface area contributed by atoms with E-state index in [1.165, 1.54) is 35.0 Å². The van der Waals surface area contributed by atoms with Gasteiger partial charge in [-0.25, -0.2) is 13.8 Å². The van der Waals surface area contributed by atoms with Gasteiger partial charge in [0.05, 0.1) is 22.1 Å². The third-order valence-corrected chi connectivity index (χ3v) is 12.9. The second-order valence-corrected chi connectivity index (χ2v) is 16.7. The van der Waals surface area contributed by atoms with E-state index in [4.69, 9.17) is 23.8 Å². The van der Waals surface area contributed by atoms with Gasteiger partial charge in [-0.15, -0.1) is 0 Å². The van der Waals surface area contributed by atoms with Crippen LogP contribution in [0.15, 0.2) is 197 Å². The van der Waals surface area contributed by atoms with Gasteiger partial charge in [0.1, 0.15) is 34.0 Å². The molecule has 7 nitrogen and oxygen atoms in total. The Morgan fingerprint density at radius 2 is 0.848 bits per heavy atom. The second kappa shape index (κ2) is 13.8. The summed E-state index contributed by atoms with van der Waals surface area (Å²) >= 11 is 0. The lowest BCUT2D eigenvalue weighted by Gasteiger charge is -2.11. The highest BCUT2D eigenvalue weighted by Gasteiger charge is 2.22. The highest BCUT2D eigenvalue weighted by Crippen LogP contribution is 2.42. The number of benzene rings is 9. The van der Waals surface area contributed by atoms with Crippen LogP contribution in [0.1, 0.15) is 0 Å². The van der Waals surface area contributed by atoms with E-state index in [2.05, 4.69) is 112 Å². The zero-order valence-electron chi connectivity index (χ0n) is 34.7. The van der Waals surface area contributed by atoms with Crippen molar-refractivity contribution in [3.8, 4) is 45.5 Å². The Kier molecular flexibility index (Phi) is 7.62. The predicted molar refractivity (Wildman–Crippen MR) is 259 cm³/mol. The summed E-state index contributed by atoms with van der Waals surface area (Å²) < 4.78 is 45.8. The molecule has 0 aliphatic rings. The van der Waals surface area contributed by atoms with Crippen LogP contribution in [0.25, 0.3) is 133 Å². The van der Waals surface area contributed by atoms with Crippen molar-refractivity contribution in [1.82, 2.24) is 24.1 Å². The highest BCUT2D eigenvalue weighted by molar-refractivity contribution is 6.17. The molecule has 14 aromatic rings. The standard InChI is InChI=1S/C57H31F2N5O2/c58-35-20-25-52-44(30-35)42-28-33(18-23-50(42)65-52)55-60-56(34-19-24-51-43(29-34)45-31-36(59)21-26-53(45)66-51)62-57(61-55)64-46-14-6-4-11-39(46)41-27-32(17-22-48(41)64)38-13-8-16-49-54(38)40-12-5-7-15-47(40)63(49)37-9-2-1-3-10-37/h1-31H. The maximum Gasteiger partial charge on any atom is 0.238 e. The van der Waals surface area contributed by atoms with Crippen molar-refractivity contribution >= 4 is 87.5 Å². The van der Waals surface area contributed by atoms with Crippen LogP contribution in [-0.4, -0.2) is 24.1 Å². The number of rotatable bonds is 5. The number of nitrogens with zero attached hydrogens (tertiary/aromatic N) is 5. The first-order valence-electron chi connectivity index (χ1n) is 21.6. The van der Waals surface area contributed by atoms with Gasteiger partial charge in [0.25, 0.3) is 0 Å². The van der Waals surface area contributed by atoms with E-state index in [1.807, 2.05) is 48.5 Å². The number of fused-ring (bicyclic) bond motifs is 12. The van der Waals surface area contributed by atoms with Crippen LogP contribution < -0.4 is 0 Å². The monoisotopic (exact) mass is 855 g/mol. The molecule has 0 fully saturated rings. The van der Waals surface area contributed by atoms with Gasteiger partial charge >= 0.3 is 0 Å². The summed E-state index contributed by atoms with van der Waals surface area (Å²) in [6.45, 7) is 0. The summed E-state index contributed by atoms with van der Waals surface area (Å²) in [5.41, 5.74) is 11.2. The van der Waals surface area contributed by atoms with Crippen molar-refractivity contribution in [1.29, 1.82) is 0 Å². The topological polar surface area (TPSA) is 74.8 Å². The van der Waals surface area contributed by atoms with Gasteiger partial charge in [0.2, 0.25) is 5.95 Å². The Balaban J connectivity index is 1.000. The van der Waals surface area contributed by atoms with Gasteiger partial charge in [-0.05, 0) is 126 Å². The number of aromatic nitrogens is 5. The van der Waals surface area contributed by atoms with E-state index >= 15 is 0 Å². The molecule has 0 aliphatic heterocycles. The van der Waals surface area contributed by atoms with E-state index in [-0.39, 0.29) is 11.6 Å². The third kappa shape index (κ3) is 5.43. The van der Waals surface area contributed by atoms with E-state index in [1.54, 1.807) is 12.1 Å². The van der Waals surface area contributed by atoms with E-state index < -0.39 is 0 Å². The molecule has 5 aromatic heterocycles. The predicted octanol–water partition coefficient (Wildman–Crippen LogP) is 15.1. The van der Waals surface area contributed by atoms with Crippen molar-refractivity contribution in [2.75, 3.05) is 0 Å². The van der Waals surface area contributed by atoms with Crippen LogP contribution in [0.4, 0.5) is 8.78 Å². The van der Waals surface area contributed by atoms with Gasteiger partial charge in [-0.1, -0.05) is 72.8 Å². The van der Waals surface area contributed by atoms with Gasteiger partial charge in [-0.3, -0.25) is 4.57 Å². The lowest BCUT2D eigenvalue weighted by Crippen LogP contribution is -2.06. The zero-order valence-corrected chi connectivity index (χ0v) is 34.7. The summed E-state index contributed by atoms with van der Waals surface area (Å²) in [6.07, 6.45) is 0. The number of halogens is 2. The number of hydrogen-bond acceptors (Lipinski definition) is 5. The van der Waals surface area contributed by atoms with Gasteiger partial charge in [0.15, 0.2) is 11.6 Å². The average Bonchev–Trinajstić information content (AvgIpc) is 4.11. The maximum atomic E-state index is 14.6. The Labute approximate surface area is 373 Å². The van der Waals surface area contributed by atoms with Crippen LogP contribution in [0.2, 0.25) is 0 Å². The Morgan fingerprint density at radius 3 is 1.50 bits per heavy atom. The molecule has 9 aromatic carbocycles. The summed E-state index contributed by atoms with van der Waals surface area (Å²) in [5, 5.41) is 7.24. The van der Waals surface area contributed by atoms with Crippen LogP contribution in [0.3, 0.4) is 0 Å². The molecule has 310 valence electrons. The minimum Gasteiger partial charge on any atom is -0.456 e. The van der Waals surface area contributed by atoms with Crippen LogP contribution in [-0.2, 0) is 0 Å². The first-order chi connectivity index (χ1) is 32.5. The normalized spacial score (nSPS) is 12.1. The summed E-state index contributed by atoms with van der Waals surface area (Å²) in [5.74, 6) is 0.526. The van der Waals surface area contributed by atoms with Crippen molar-refractivity contribution in [2.45, 2.75) is 0 Å². The summed E-state index contributed by atoms with van der Waals surface area (Å²) in [7, 11) is 0. The molecule has 66 heavy (non-hydrogen) atoms. The number of furan rings is 2. The smallest absolute Gasteiger partial charge is 0.238 e. The number of para-hydroxylation sites is 3. The molecule has 9 heteroatoms. The minimum atomic E-state index is -0.354. The first-order valence-corrected chi connectivity index (χ1v) is 21.6. The van der Waals surface area contributed by atoms with E-state index in [9.17, 15) is 8.78 Å². The molecule has 14 rings (SSSR count). The molecule has 0 saturated carbocycles. The summed E-state index contributed by atoms with van der Waals surface area (Å²) in [6, 6.07) is 61.0. The molecule has 0 unspecified atom stereocenters. The lowest BCUT2D eigenvalue weighted by atomic mass is 9.98. The lowest BCUT2D eigenvalue weighted by molar-refractivity contribution is 0.626. The van der Waals surface area contributed by atoms with Gasteiger partial charge < -0.3 is 13.4 Å². The van der Waals surface area contributed by atoms with E-state index in [0.717, 1.165) is 60.4 Å². The fourth-order valence-corrected chi connectivity index (χ4v) is 9.97. The minimum absolute atomic E-state index is 0.354. The highest BCUT2D eigenvalue weighted by atomic mass is 19.1. The Bertz CT molecular complexity index is 4200. The van der Waals surface area contributed by atoms with Crippen LogP contribution in [0.5, 0.6) is 0 Å². The van der Waals surface area contributed by atoms with Crippen molar-refractivity contribution in [3.05, 3.63) is 200 Å². The Hall–Kier alpha value is -8.95. The van der Waals surface area contributed by atoms with Gasteiger partial charge in [0, 0.05) is 59.9 Å². The molecule has 0 aliphatic carbocycles. The molecular formula is C57H31F2N5O2. The van der Waals surface area contributed by atoms with Crippen LogP contribution >= 0.6 is 0 Å². The quantitative estimate of drug-likeness (QED) is 0.172. The van der Waals surface area contributed by atoms with Crippen LogP contribution in [0, 0.1) is 11.6 Å². The molecule has 0 radical (unpaired) electrons. The van der Waals surface area contributed by atoms with Crippen molar-refractivity contribution < 1.29 is 17.6 Å². The van der Waals surface area contributed by atoms with Gasteiger partial charge in [-0.2, -0.15) is 9.97 Å². The average molecular weight is 856 g/mol. The summed E-state index contributed by atoms with van der Waals surface area (Å²) in [4.78, 5) is 15.6. The molecule has 0 atom stereocenters. The maximum absolute atomic E-state index is 14.6. The molecule has 0 spiro atoms. The third-order valence-electron chi connectivity index (χ3n) is 12.9. The SMILES string of the molecule is Fc1ccc2oc3ccc(-c4nc(-c5ccc6oc7ccc(F)cc7c6c5)nc(-n5c6ccccc6c6cc(-c7cccc8c7c7ccccc7n8-c7ccccc7)ccc65)n4)cc3c2c1.